The Bertz CT molecular complexity index is 377. The first kappa shape index (κ1) is 11.0. The zero-order chi connectivity index (χ0) is 10.7. The third-order valence-corrected chi connectivity index (χ3v) is 2.96. The summed E-state index contributed by atoms with van der Waals surface area (Å²) >= 11 is 4.45. The lowest BCUT2D eigenvalue weighted by molar-refractivity contribution is 0.0964. The molecule has 0 aliphatic heterocycles. The van der Waals surface area contributed by atoms with E-state index in [4.69, 9.17) is 5.73 Å². The smallest absolute Gasteiger partial charge is 0.317 e. The molecule has 0 aliphatic carbocycles. The van der Waals surface area contributed by atoms with Gasteiger partial charge in [0.2, 0.25) is 0 Å². The summed E-state index contributed by atoms with van der Waals surface area (Å²) < 4.78 is 0.750. The molecule has 0 spiro atoms. The van der Waals surface area contributed by atoms with Gasteiger partial charge < -0.3 is 11.1 Å². The van der Waals surface area contributed by atoms with Crippen LogP contribution >= 0.6 is 27.3 Å². The maximum Gasteiger partial charge on any atom is 0.317 e. The van der Waals surface area contributed by atoms with E-state index in [1.807, 2.05) is 0 Å². The van der Waals surface area contributed by atoms with E-state index in [2.05, 4.69) is 26.6 Å². The van der Waals surface area contributed by atoms with Crippen molar-refractivity contribution in [3.05, 3.63) is 15.4 Å². The molecule has 3 amide bonds. The highest BCUT2D eigenvalue weighted by molar-refractivity contribution is 9.11. The molecule has 14 heavy (non-hydrogen) atoms. The minimum absolute atomic E-state index is 0.268. The molecular formula is C7H8BrN3O2S. The van der Waals surface area contributed by atoms with Crippen molar-refractivity contribution in [1.82, 2.24) is 5.32 Å². The Morgan fingerprint density at radius 3 is 2.71 bits per heavy atom. The van der Waals surface area contributed by atoms with Crippen LogP contribution in [0.4, 0.5) is 9.80 Å². The summed E-state index contributed by atoms with van der Waals surface area (Å²) in [6.07, 6.45) is 0. The van der Waals surface area contributed by atoms with Crippen molar-refractivity contribution in [1.29, 1.82) is 0 Å². The molecule has 0 unspecified atom stereocenters. The number of hydrogen-bond donors (Lipinski definition) is 3. The molecular weight excluding hydrogens is 270 g/mol. The third kappa shape index (κ3) is 2.46. The highest BCUT2D eigenvalue weighted by Gasteiger charge is 2.14. The van der Waals surface area contributed by atoms with Crippen LogP contribution < -0.4 is 16.4 Å². The zero-order valence-electron chi connectivity index (χ0n) is 7.26. The normalized spacial score (nSPS) is 9.57. The van der Waals surface area contributed by atoms with Crippen LogP contribution in [0.25, 0.3) is 0 Å². The highest BCUT2D eigenvalue weighted by Crippen LogP contribution is 2.31. The monoisotopic (exact) mass is 277 g/mol. The summed E-state index contributed by atoms with van der Waals surface area (Å²) in [7, 11) is 1.52. The summed E-state index contributed by atoms with van der Waals surface area (Å²) in [5, 5.41) is 5.27. The Morgan fingerprint density at radius 2 is 2.21 bits per heavy atom. The van der Waals surface area contributed by atoms with Crippen molar-refractivity contribution < 1.29 is 9.59 Å². The topological polar surface area (TPSA) is 84.2 Å². The van der Waals surface area contributed by atoms with Gasteiger partial charge in [-0.05, 0) is 22.0 Å². The maximum atomic E-state index is 11.3. The van der Waals surface area contributed by atoms with E-state index in [9.17, 15) is 9.59 Å². The van der Waals surface area contributed by atoms with Crippen LogP contribution in [0.1, 0.15) is 10.4 Å². The third-order valence-electron chi connectivity index (χ3n) is 1.41. The lowest BCUT2D eigenvalue weighted by Crippen LogP contribution is -2.22. The number of nitrogens with one attached hydrogen (secondary N) is 2. The van der Waals surface area contributed by atoms with E-state index in [0.717, 1.165) is 3.79 Å². The molecule has 0 fully saturated rings. The van der Waals surface area contributed by atoms with Crippen molar-refractivity contribution in [3.63, 3.8) is 0 Å². The molecule has 0 radical (unpaired) electrons. The molecule has 0 aromatic carbocycles. The highest BCUT2D eigenvalue weighted by atomic mass is 79.9. The van der Waals surface area contributed by atoms with Crippen molar-refractivity contribution in [2.75, 3.05) is 12.4 Å². The first-order valence-electron chi connectivity index (χ1n) is 3.62. The number of urea groups is 1. The predicted octanol–water partition coefficient (Wildman–Crippen LogP) is 1.36. The number of anilines is 1. The van der Waals surface area contributed by atoms with Crippen LogP contribution in [-0.4, -0.2) is 19.0 Å². The maximum absolute atomic E-state index is 11.3. The van der Waals surface area contributed by atoms with Crippen molar-refractivity contribution >= 4 is 44.2 Å². The van der Waals surface area contributed by atoms with E-state index < -0.39 is 6.03 Å². The standard InChI is InChI=1S/C7H8BrN3O2S/c1-10-5(12)3-2-4(8)14-6(3)11-7(9)13/h2H,1H3,(H,10,12)(H3,9,11,13). The van der Waals surface area contributed by atoms with Gasteiger partial charge in [0.15, 0.2) is 0 Å². The summed E-state index contributed by atoms with van der Waals surface area (Å²) in [6.45, 7) is 0. The molecule has 7 heteroatoms. The van der Waals surface area contributed by atoms with Gasteiger partial charge in [0, 0.05) is 7.05 Å². The largest absolute Gasteiger partial charge is 0.355 e. The molecule has 4 N–H and O–H groups in total. The molecule has 5 nitrogen and oxygen atoms in total. The average molecular weight is 278 g/mol. The van der Waals surface area contributed by atoms with Crippen LogP contribution in [0.3, 0.4) is 0 Å². The molecule has 0 aliphatic rings. The molecule has 0 saturated heterocycles. The first-order valence-corrected chi connectivity index (χ1v) is 5.23. The van der Waals surface area contributed by atoms with Gasteiger partial charge in [0.05, 0.1) is 9.35 Å². The number of halogens is 1. The predicted molar refractivity (Wildman–Crippen MR) is 58.6 cm³/mol. The van der Waals surface area contributed by atoms with E-state index in [-0.39, 0.29) is 5.91 Å². The number of carbonyl (C=O) groups is 2. The summed E-state index contributed by atoms with van der Waals surface area (Å²) in [6, 6.07) is 0.930. The summed E-state index contributed by atoms with van der Waals surface area (Å²) in [5.41, 5.74) is 5.35. The SMILES string of the molecule is CNC(=O)c1cc(Br)sc1NC(N)=O. The second-order valence-electron chi connectivity index (χ2n) is 2.36. The van der Waals surface area contributed by atoms with Gasteiger partial charge in [0.1, 0.15) is 5.00 Å². The van der Waals surface area contributed by atoms with Crippen LogP contribution in [0.15, 0.2) is 9.85 Å². The number of rotatable bonds is 2. The Morgan fingerprint density at radius 1 is 1.57 bits per heavy atom. The number of amides is 3. The molecule has 0 atom stereocenters. The number of carbonyl (C=O) groups excluding carboxylic acids is 2. The summed E-state index contributed by atoms with van der Waals surface area (Å²) in [4.78, 5) is 21.9. The number of hydrogen-bond acceptors (Lipinski definition) is 3. The Labute approximate surface area is 92.8 Å². The zero-order valence-corrected chi connectivity index (χ0v) is 9.66. The van der Waals surface area contributed by atoms with E-state index in [1.54, 1.807) is 6.07 Å². The van der Waals surface area contributed by atoms with Gasteiger partial charge >= 0.3 is 6.03 Å². The van der Waals surface area contributed by atoms with Crippen molar-refractivity contribution in [2.45, 2.75) is 0 Å². The Kier molecular flexibility index (Phi) is 3.48. The van der Waals surface area contributed by atoms with Crippen LogP contribution in [0, 0.1) is 0 Å². The minimum atomic E-state index is -0.690. The first-order chi connectivity index (χ1) is 6.54. The van der Waals surface area contributed by atoms with Crippen LogP contribution in [-0.2, 0) is 0 Å². The average Bonchev–Trinajstić information content (AvgIpc) is 2.44. The minimum Gasteiger partial charge on any atom is -0.355 e. The fraction of sp³-hybridized carbons (Fsp3) is 0.143. The summed E-state index contributed by atoms with van der Waals surface area (Å²) in [5.74, 6) is -0.268. The van der Waals surface area contributed by atoms with Gasteiger partial charge in [-0.25, -0.2) is 4.79 Å². The van der Waals surface area contributed by atoms with Crippen LogP contribution in [0.5, 0.6) is 0 Å². The fourth-order valence-corrected chi connectivity index (χ4v) is 2.37. The molecule has 1 aromatic heterocycles. The second-order valence-corrected chi connectivity index (χ2v) is 4.79. The quantitative estimate of drug-likeness (QED) is 0.763. The van der Waals surface area contributed by atoms with Crippen molar-refractivity contribution in [3.8, 4) is 0 Å². The second kappa shape index (κ2) is 4.43. The Hall–Kier alpha value is -1.08. The molecule has 1 aromatic rings. The van der Waals surface area contributed by atoms with Crippen molar-refractivity contribution in [2.24, 2.45) is 5.73 Å². The Balaban J connectivity index is 3.02. The number of thiophene rings is 1. The number of nitrogens with two attached hydrogens (primary N) is 1. The molecule has 0 saturated carbocycles. The van der Waals surface area contributed by atoms with Gasteiger partial charge in [-0.1, -0.05) is 0 Å². The lowest BCUT2D eigenvalue weighted by Gasteiger charge is -2.01. The van der Waals surface area contributed by atoms with Gasteiger partial charge in [0.25, 0.3) is 5.91 Å². The van der Waals surface area contributed by atoms with E-state index >= 15 is 0 Å². The fourth-order valence-electron chi connectivity index (χ4n) is 0.869. The number of primary amides is 1. The van der Waals surface area contributed by atoms with Gasteiger partial charge in [-0.3, -0.25) is 10.1 Å². The molecule has 76 valence electrons. The van der Waals surface area contributed by atoms with Gasteiger partial charge in [-0.15, -0.1) is 11.3 Å². The molecule has 1 heterocycles. The van der Waals surface area contributed by atoms with Crippen LogP contribution in [0.2, 0.25) is 0 Å². The van der Waals surface area contributed by atoms with E-state index in [1.165, 1.54) is 18.4 Å². The van der Waals surface area contributed by atoms with E-state index in [0.29, 0.717) is 10.6 Å². The molecule has 1 rings (SSSR count). The van der Waals surface area contributed by atoms with Gasteiger partial charge in [-0.2, -0.15) is 0 Å². The lowest BCUT2D eigenvalue weighted by atomic mass is 10.3. The molecule has 0 bridgehead atoms.